The van der Waals surface area contributed by atoms with Crippen LogP contribution in [0.2, 0.25) is 0 Å². The second-order valence-corrected chi connectivity index (χ2v) is 5.69. The number of aryl methyl sites for hydroxylation is 1. The monoisotopic (exact) mass is 317 g/mol. The van der Waals surface area contributed by atoms with E-state index in [9.17, 15) is 5.26 Å². The molecule has 0 radical (unpaired) electrons. The van der Waals surface area contributed by atoms with E-state index in [2.05, 4.69) is 28.5 Å². The first-order valence-corrected chi connectivity index (χ1v) is 7.82. The zero-order valence-electron chi connectivity index (χ0n) is 13.8. The van der Waals surface area contributed by atoms with Crippen molar-refractivity contribution in [1.82, 2.24) is 4.98 Å². The number of nitrogens with one attached hydrogen (secondary N) is 1. The van der Waals surface area contributed by atoms with Gasteiger partial charge in [-0.3, -0.25) is 4.98 Å². The molecule has 120 valence electrons. The van der Waals surface area contributed by atoms with Crippen molar-refractivity contribution in [3.8, 4) is 6.07 Å². The molecule has 2 aromatic carbocycles. The van der Waals surface area contributed by atoms with Gasteiger partial charge in [-0.2, -0.15) is 5.26 Å². The molecule has 1 N–H and O–H groups in total. The maximum absolute atomic E-state index is 9.43. The second-order valence-electron chi connectivity index (χ2n) is 5.69. The van der Waals surface area contributed by atoms with E-state index in [1.54, 1.807) is 13.3 Å². The zero-order valence-corrected chi connectivity index (χ0v) is 13.8. The SMILES string of the molecule is COCc1ccccc1CNc1c(C#N)cnc2c(C)cccc12. The number of nitrogens with zero attached hydrogens (tertiary/aromatic N) is 2. The van der Waals surface area contributed by atoms with Crippen molar-refractivity contribution in [3.05, 3.63) is 70.9 Å². The molecule has 3 rings (SSSR count). The first kappa shape index (κ1) is 16.0. The van der Waals surface area contributed by atoms with E-state index in [0.717, 1.165) is 33.3 Å². The molecule has 0 aliphatic rings. The molecule has 0 fully saturated rings. The number of aromatic nitrogens is 1. The molecule has 4 heteroatoms. The number of methoxy groups -OCH3 is 1. The molecule has 0 saturated heterocycles. The van der Waals surface area contributed by atoms with Gasteiger partial charge in [0.25, 0.3) is 0 Å². The lowest BCUT2D eigenvalue weighted by Gasteiger charge is -2.14. The first-order chi connectivity index (χ1) is 11.7. The summed E-state index contributed by atoms with van der Waals surface area (Å²) in [5.41, 5.74) is 5.70. The molecule has 0 bridgehead atoms. The number of fused-ring (bicyclic) bond motifs is 1. The topological polar surface area (TPSA) is 57.9 Å². The van der Waals surface area contributed by atoms with Gasteiger partial charge in [0, 0.05) is 25.2 Å². The summed E-state index contributed by atoms with van der Waals surface area (Å²) in [5.74, 6) is 0. The van der Waals surface area contributed by atoms with Crippen molar-refractivity contribution in [3.63, 3.8) is 0 Å². The normalized spacial score (nSPS) is 10.5. The van der Waals surface area contributed by atoms with E-state index >= 15 is 0 Å². The second kappa shape index (κ2) is 7.12. The van der Waals surface area contributed by atoms with E-state index in [4.69, 9.17) is 4.74 Å². The molecule has 0 spiro atoms. The number of hydrogen-bond donors (Lipinski definition) is 1. The average Bonchev–Trinajstić information content (AvgIpc) is 2.61. The Morgan fingerprint density at radius 3 is 2.67 bits per heavy atom. The molecule has 0 aliphatic carbocycles. The van der Waals surface area contributed by atoms with Gasteiger partial charge in [-0.05, 0) is 23.6 Å². The molecule has 0 unspecified atom stereocenters. The standard InChI is InChI=1S/C20H19N3O/c1-14-6-5-9-18-19(14)22-12-17(10-21)20(18)23-11-15-7-3-4-8-16(15)13-24-2/h3-9,12H,11,13H2,1-2H3,(H,22,23). The van der Waals surface area contributed by atoms with E-state index in [1.165, 1.54) is 0 Å². The van der Waals surface area contributed by atoms with Crippen LogP contribution in [0.15, 0.2) is 48.7 Å². The van der Waals surface area contributed by atoms with Crippen LogP contribution in [-0.2, 0) is 17.9 Å². The van der Waals surface area contributed by atoms with Gasteiger partial charge in [0.15, 0.2) is 0 Å². The third-order valence-corrected chi connectivity index (χ3v) is 4.09. The van der Waals surface area contributed by atoms with Crippen molar-refractivity contribution in [2.75, 3.05) is 12.4 Å². The lowest BCUT2D eigenvalue weighted by atomic mass is 10.1. The minimum absolute atomic E-state index is 0.553. The molecule has 24 heavy (non-hydrogen) atoms. The maximum Gasteiger partial charge on any atom is 0.103 e. The molecule has 1 aromatic heterocycles. The molecule has 1 heterocycles. The van der Waals surface area contributed by atoms with Crippen LogP contribution in [0.4, 0.5) is 5.69 Å². The van der Waals surface area contributed by atoms with Crippen LogP contribution < -0.4 is 5.32 Å². The zero-order chi connectivity index (χ0) is 16.9. The highest BCUT2D eigenvalue weighted by Crippen LogP contribution is 2.28. The molecule has 4 nitrogen and oxygen atoms in total. The quantitative estimate of drug-likeness (QED) is 0.767. The van der Waals surface area contributed by atoms with Crippen LogP contribution in [0.3, 0.4) is 0 Å². The van der Waals surface area contributed by atoms with E-state index in [0.29, 0.717) is 18.7 Å². The van der Waals surface area contributed by atoms with Crippen LogP contribution in [0.5, 0.6) is 0 Å². The number of benzene rings is 2. The van der Waals surface area contributed by atoms with Crippen molar-refractivity contribution in [1.29, 1.82) is 5.26 Å². The molecule has 0 amide bonds. The van der Waals surface area contributed by atoms with Crippen molar-refractivity contribution >= 4 is 16.6 Å². The summed E-state index contributed by atoms with van der Waals surface area (Å²) in [6, 6.07) is 16.4. The van der Waals surface area contributed by atoms with Crippen LogP contribution in [-0.4, -0.2) is 12.1 Å². The number of para-hydroxylation sites is 1. The summed E-state index contributed by atoms with van der Waals surface area (Å²) >= 11 is 0. The van der Waals surface area contributed by atoms with E-state index in [-0.39, 0.29) is 0 Å². The predicted molar refractivity (Wildman–Crippen MR) is 95.7 cm³/mol. The van der Waals surface area contributed by atoms with Gasteiger partial charge in [-0.1, -0.05) is 42.5 Å². The summed E-state index contributed by atoms with van der Waals surface area (Å²) in [4.78, 5) is 4.43. The van der Waals surface area contributed by atoms with Gasteiger partial charge in [0.1, 0.15) is 6.07 Å². The van der Waals surface area contributed by atoms with E-state index in [1.807, 2.05) is 37.3 Å². The fourth-order valence-electron chi connectivity index (χ4n) is 2.86. The Labute approximate surface area is 141 Å². The number of pyridine rings is 1. The number of nitriles is 1. The van der Waals surface area contributed by atoms with Crippen molar-refractivity contribution < 1.29 is 4.74 Å². The van der Waals surface area contributed by atoms with E-state index < -0.39 is 0 Å². The summed E-state index contributed by atoms with van der Waals surface area (Å²) in [6.07, 6.45) is 1.64. The number of rotatable bonds is 5. The Morgan fingerprint density at radius 1 is 1.12 bits per heavy atom. The summed E-state index contributed by atoms with van der Waals surface area (Å²) < 4.78 is 5.26. The summed E-state index contributed by atoms with van der Waals surface area (Å²) in [5, 5.41) is 13.8. The average molecular weight is 317 g/mol. The minimum Gasteiger partial charge on any atom is -0.380 e. The highest BCUT2D eigenvalue weighted by atomic mass is 16.5. The van der Waals surface area contributed by atoms with Gasteiger partial charge >= 0.3 is 0 Å². The summed E-state index contributed by atoms with van der Waals surface area (Å²) in [7, 11) is 1.69. The third kappa shape index (κ3) is 3.08. The van der Waals surface area contributed by atoms with Crippen LogP contribution in [0, 0.1) is 18.3 Å². The Morgan fingerprint density at radius 2 is 1.92 bits per heavy atom. The van der Waals surface area contributed by atoms with Crippen LogP contribution >= 0.6 is 0 Å². The lowest BCUT2D eigenvalue weighted by molar-refractivity contribution is 0.184. The van der Waals surface area contributed by atoms with Gasteiger partial charge < -0.3 is 10.1 Å². The first-order valence-electron chi connectivity index (χ1n) is 7.82. The lowest BCUT2D eigenvalue weighted by Crippen LogP contribution is -2.06. The Balaban J connectivity index is 1.99. The van der Waals surface area contributed by atoms with Crippen molar-refractivity contribution in [2.45, 2.75) is 20.1 Å². The maximum atomic E-state index is 9.43. The van der Waals surface area contributed by atoms with Gasteiger partial charge in [0.05, 0.1) is 23.4 Å². The van der Waals surface area contributed by atoms with Crippen molar-refractivity contribution in [2.24, 2.45) is 0 Å². The highest BCUT2D eigenvalue weighted by molar-refractivity contribution is 5.95. The number of hydrogen-bond acceptors (Lipinski definition) is 4. The molecule has 3 aromatic rings. The number of ether oxygens (including phenoxy) is 1. The predicted octanol–water partition coefficient (Wildman–Crippen LogP) is 4.17. The fourth-order valence-corrected chi connectivity index (χ4v) is 2.86. The van der Waals surface area contributed by atoms with Crippen LogP contribution in [0.25, 0.3) is 10.9 Å². The van der Waals surface area contributed by atoms with Gasteiger partial charge in [-0.15, -0.1) is 0 Å². The fraction of sp³-hybridized carbons (Fsp3) is 0.200. The molecule has 0 aliphatic heterocycles. The molecular formula is C20H19N3O. The Bertz CT molecular complexity index is 912. The highest BCUT2D eigenvalue weighted by Gasteiger charge is 2.10. The largest absolute Gasteiger partial charge is 0.380 e. The Kier molecular flexibility index (Phi) is 4.74. The number of anilines is 1. The minimum atomic E-state index is 0.553. The Hall–Kier alpha value is -2.90. The molecular weight excluding hydrogens is 298 g/mol. The molecule has 0 atom stereocenters. The summed E-state index contributed by atoms with van der Waals surface area (Å²) in [6.45, 7) is 3.22. The smallest absolute Gasteiger partial charge is 0.103 e. The molecule has 0 saturated carbocycles. The van der Waals surface area contributed by atoms with Crippen LogP contribution in [0.1, 0.15) is 22.3 Å². The van der Waals surface area contributed by atoms with Gasteiger partial charge in [0.2, 0.25) is 0 Å². The third-order valence-electron chi connectivity index (χ3n) is 4.09. The van der Waals surface area contributed by atoms with Gasteiger partial charge in [-0.25, -0.2) is 0 Å².